The van der Waals surface area contributed by atoms with E-state index in [9.17, 15) is 29.0 Å². The first-order valence-electron chi connectivity index (χ1n) is 10.3. The minimum atomic E-state index is -4.80. The third-order valence-electron chi connectivity index (χ3n) is 5.52. The van der Waals surface area contributed by atoms with Crippen LogP contribution in [-0.4, -0.2) is 58.7 Å². The number of hydrogen-bond acceptors (Lipinski definition) is 8. The molecule has 1 aromatic heterocycles. The van der Waals surface area contributed by atoms with Crippen LogP contribution < -0.4 is 11.2 Å². The van der Waals surface area contributed by atoms with Crippen LogP contribution in [0.4, 0.5) is 0 Å². The van der Waals surface area contributed by atoms with E-state index in [1.54, 1.807) is 24.3 Å². The van der Waals surface area contributed by atoms with Crippen LogP contribution in [-0.2, 0) is 32.1 Å². The Bertz CT molecular complexity index is 1260. The van der Waals surface area contributed by atoms with Crippen LogP contribution in [0.25, 0.3) is 0 Å². The van der Waals surface area contributed by atoms with Gasteiger partial charge in [-0.25, -0.2) is 4.79 Å². The Morgan fingerprint density at radius 3 is 2.40 bits per heavy atom. The number of nitrogens with zero attached hydrogens (tertiary/aromatic N) is 3. The number of benzene rings is 1. The average molecular weight is 554 g/mol. The third-order valence-corrected chi connectivity index (χ3v) is 9.23. The number of rotatable bonds is 9. The number of aliphatic hydroxyl groups is 2. The maximum Gasteiger partial charge on any atom is 0.340 e. The molecular weight excluding hydrogens is 528 g/mol. The van der Waals surface area contributed by atoms with E-state index in [0.717, 1.165) is 5.56 Å². The smallest absolute Gasteiger partial charge is 0.340 e. The Labute approximate surface area is 204 Å². The standard InChI is InChI=1S/C19H26ClN3O10P2/c1-22-16(21-32-9-12-2-4-14(20)5-3-12)6-7-23(19(22)26)15-8-13(17(24)18(15)25)10-33-35(30,31)11-34(27,28)29/h2-7,13,15,17-18,24-25H,8-11H2,1H3,(H,30,31)(H2,27,28,29)/b21-16-. The fourth-order valence-electron chi connectivity index (χ4n) is 3.72. The van der Waals surface area contributed by atoms with E-state index >= 15 is 0 Å². The van der Waals surface area contributed by atoms with Crippen molar-refractivity contribution in [3.63, 3.8) is 0 Å². The van der Waals surface area contributed by atoms with Gasteiger partial charge in [0.2, 0.25) is 0 Å². The lowest BCUT2D eigenvalue weighted by Crippen LogP contribution is -2.42. The largest absolute Gasteiger partial charge is 0.390 e. The van der Waals surface area contributed by atoms with Crippen LogP contribution in [0.3, 0.4) is 0 Å². The summed E-state index contributed by atoms with van der Waals surface area (Å²) in [5.74, 6) is -2.23. The second kappa shape index (κ2) is 11.1. The molecule has 0 bridgehead atoms. The van der Waals surface area contributed by atoms with Crippen molar-refractivity contribution in [1.29, 1.82) is 0 Å². The highest BCUT2D eigenvalue weighted by molar-refractivity contribution is 7.70. The average Bonchev–Trinajstić information content (AvgIpc) is 3.03. The van der Waals surface area contributed by atoms with Gasteiger partial charge in [0.05, 0.1) is 18.8 Å². The van der Waals surface area contributed by atoms with E-state index in [2.05, 4.69) is 5.16 Å². The summed E-state index contributed by atoms with van der Waals surface area (Å²) >= 11 is 5.84. The van der Waals surface area contributed by atoms with E-state index in [-0.39, 0.29) is 18.5 Å². The molecule has 1 fully saturated rings. The molecule has 1 aliphatic carbocycles. The zero-order chi connectivity index (χ0) is 26.0. The van der Waals surface area contributed by atoms with Crippen molar-refractivity contribution in [2.45, 2.75) is 31.3 Å². The first kappa shape index (κ1) is 27.8. The lowest BCUT2D eigenvalue weighted by Gasteiger charge is -2.19. The Morgan fingerprint density at radius 1 is 1.11 bits per heavy atom. The summed E-state index contributed by atoms with van der Waals surface area (Å²) < 4.78 is 30.0. The van der Waals surface area contributed by atoms with Crippen LogP contribution >= 0.6 is 26.8 Å². The third kappa shape index (κ3) is 7.36. The van der Waals surface area contributed by atoms with Gasteiger partial charge >= 0.3 is 20.9 Å². The maximum atomic E-state index is 12.9. The summed E-state index contributed by atoms with van der Waals surface area (Å²) in [6, 6.07) is 7.54. The molecule has 1 heterocycles. The summed E-state index contributed by atoms with van der Waals surface area (Å²) in [6.45, 7) is -0.401. The molecule has 0 saturated heterocycles. The normalized spacial score (nSPS) is 24.9. The van der Waals surface area contributed by atoms with E-state index in [0.29, 0.717) is 5.02 Å². The fraction of sp³-hybridized carbons (Fsp3) is 0.474. The molecular formula is C19H26ClN3O10P2. The quantitative estimate of drug-likeness (QED) is 0.215. The summed E-state index contributed by atoms with van der Waals surface area (Å²) in [5, 5.41) is 25.4. The molecule has 0 radical (unpaired) electrons. The molecule has 0 spiro atoms. The van der Waals surface area contributed by atoms with Crippen molar-refractivity contribution < 1.29 is 43.4 Å². The van der Waals surface area contributed by atoms with Crippen molar-refractivity contribution in [2.75, 3.05) is 12.5 Å². The van der Waals surface area contributed by atoms with Gasteiger partial charge in [0.15, 0.2) is 11.4 Å². The van der Waals surface area contributed by atoms with E-state index in [1.807, 2.05) is 0 Å². The number of hydrogen-bond donors (Lipinski definition) is 5. The zero-order valence-electron chi connectivity index (χ0n) is 18.5. The number of aliphatic hydroxyl groups excluding tert-OH is 2. The van der Waals surface area contributed by atoms with Gasteiger partial charge in [-0.15, -0.1) is 0 Å². The second-order valence-electron chi connectivity index (χ2n) is 8.20. The SMILES string of the molecule is Cn1c(=O)n(C2CC(COP(=O)(O)CP(=O)(O)O)C(O)C2O)cc/c1=N/OCc1ccc(Cl)cc1. The lowest BCUT2D eigenvalue weighted by atomic mass is 10.1. The van der Waals surface area contributed by atoms with Crippen molar-refractivity contribution in [3.05, 3.63) is 63.1 Å². The second-order valence-corrected chi connectivity index (χ2v) is 12.6. The van der Waals surface area contributed by atoms with Crippen LogP contribution in [0.1, 0.15) is 18.0 Å². The molecule has 194 valence electrons. The summed E-state index contributed by atoms with van der Waals surface area (Å²) in [7, 11) is -7.98. The maximum absolute atomic E-state index is 12.9. The van der Waals surface area contributed by atoms with Gasteiger partial charge in [0.1, 0.15) is 12.7 Å². The molecule has 35 heavy (non-hydrogen) atoms. The van der Waals surface area contributed by atoms with Gasteiger partial charge < -0.3 is 34.3 Å². The minimum absolute atomic E-state index is 0.00169. The van der Waals surface area contributed by atoms with E-state index in [1.165, 1.54) is 28.4 Å². The summed E-state index contributed by atoms with van der Waals surface area (Å²) in [4.78, 5) is 45.6. The van der Waals surface area contributed by atoms with Gasteiger partial charge in [0.25, 0.3) is 0 Å². The molecule has 2 aromatic rings. The molecule has 0 aliphatic heterocycles. The van der Waals surface area contributed by atoms with E-state index < -0.39 is 57.6 Å². The van der Waals surface area contributed by atoms with Gasteiger partial charge in [-0.1, -0.05) is 28.9 Å². The van der Waals surface area contributed by atoms with Gasteiger partial charge in [0, 0.05) is 30.3 Å². The summed E-state index contributed by atoms with van der Waals surface area (Å²) in [5.41, 5.74) is 0.457. The number of halogens is 1. The lowest BCUT2D eigenvalue weighted by molar-refractivity contribution is -0.00319. The van der Waals surface area contributed by atoms with Gasteiger partial charge in [-0.2, -0.15) is 0 Å². The molecule has 16 heteroatoms. The Kier molecular flexibility index (Phi) is 8.80. The van der Waals surface area contributed by atoms with Crippen molar-refractivity contribution in [2.24, 2.45) is 18.1 Å². The van der Waals surface area contributed by atoms with Crippen molar-refractivity contribution in [1.82, 2.24) is 9.13 Å². The zero-order valence-corrected chi connectivity index (χ0v) is 21.0. The fourth-order valence-corrected chi connectivity index (χ4v) is 6.46. The molecule has 5 N–H and O–H groups in total. The highest BCUT2D eigenvalue weighted by Gasteiger charge is 2.44. The molecule has 5 atom stereocenters. The monoisotopic (exact) mass is 553 g/mol. The van der Waals surface area contributed by atoms with Crippen LogP contribution in [0.2, 0.25) is 5.02 Å². The topological polar surface area (TPSA) is 193 Å². The summed E-state index contributed by atoms with van der Waals surface area (Å²) in [6.07, 6.45) is -1.42. The predicted octanol–water partition coefficient (Wildman–Crippen LogP) is 0.493. The predicted molar refractivity (Wildman–Crippen MR) is 123 cm³/mol. The molecule has 13 nitrogen and oxygen atoms in total. The van der Waals surface area contributed by atoms with Crippen molar-refractivity contribution in [3.8, 4) is 0 Å². The van der Waals surface area contributed by atoms with Crippen LogP contribution in [0.15, 0.2) is 46.5 Å². The molecule has 3 rings (SSSR count). The molecule has 1 saturated carbocycles. The Morgan fingerprint density at radius 2 is 1.77 bits per heavy atom. The first-order chi connectivity index (χ1) is 16.3. The molecule has 1 aliphatic rings. The minimum Gasteiger partial charge on any atom is -0.390 e. The van der Waals surface area contributed by atoms with Crippen LogP contribution in [0, 0.1) is 5.92 Å². The van der Waals surface area contributed by atoms with Crippen molar-refractivity contribution >= 4 is 26.8 Å². The van der Waals surface area contributed by atoms with E-state index in [4.69, 9.17) is 30.7 Å². The Balaban J connectivity index is 1.70. The first-order valence-corrected chi connectivity index (χ1v) is 14.3. The van der Waals surface area contributed by atoms with Gasteiger partial charge in [-0.3, -0.25) is 18.3 Å². The highest BCUT2D eigenvalue weighted by atomic mass is 35.5. The number of aromatic nitrogens is 2. The molecule has 0 amide bonds. The van der Waals surface area contributed by atoms with Gasteiger partial charge in [-0.05, 0) is 24.1 Å². The molecule has 5 unspecified atom stereocenters. The van der Waals surface area contributed by atoms with Crippen LogP contribution in [0.5, 0.6) is 0 Å². The highest BCUT2D eigenvalue weighted by Crippen LogP contribution is 2.55. The molecule has 1 aromatic carbocycles. The Hall–Kier alpha value is -1.79.